The topological polar surface area (TPSA) is 51.2 Å². The molecule has 2 heterocycles. The van der Waals surface area contributed by atoms with Crippen molar-refractivity contribution < 1.29 is 19.0 Å². The fraction of sp³-hybridized carbons (Fsp3) is 0.938. The minimum Gasteiger partial charge on any atom is -0.384 e. The molecule has 6 nitrogen and oxygen atoms in total. The van der Waals surface area contributed by atoms with Crippen molar-refractivity contribution in [2.24, 2.45) is 11.3 Å². The second-order valence-corrected chi connectivity index (χ2v) is 6.56. The van der Waals surface area contributed by atoms with Gasteiger partial charge in [-0.15, -0.1) is 0 Å². The molecule has 6 heteroatoms. The predicted octanol–water partition coefficient (Wildman–Crippen LogP) is 0.466. The lowest BCUT2D eigenvalue weighted by atomic mass is 9.71. The Bertz CT molecular complexity index is 356. The molecule has 0 unspecified atom stereocenters. The Morgan fingerprint density at radius 3 is 2.45 bits per heavy atom. The van der Waals surface area contributed by atoms with E-state index in [0.29, 0.717) is 5.92 Å². The average Bonchev–Trinajstić information content (AvgIpc) is 2.84. The maximum absolute atomic E-state index is 12.0. The van der Waals surface area contributed by atoms with Crippen LogP contribution in [0.4, 0.5) is 0 Å². The third-order valence-electron chi connectivity index (χ3n) is 5.24. The Morgan fingerprint density at radius 2 is 1.86 bits per heavy atom. The van der Waals surface area contributed by atoms with E-state index in [1.165, 1.54) is 0 Å². The molecule has 2 fully saturated rings. The summed E-state index contributed by atoms with van der Waals surface area (Å²) in [7, 11) is 5.10. The van der Waals surface area contributed by atoms with E-state index in [2.05, 4.69) is 4.90 Å². The maximum Gasteiger partial charge on any atom is 0.248 e. The van der Waals surface area contributed by atoms with Crippen LogP contribution >= 0.6 is 0 Å². The molecule has 0 aliphatic carbocycles. The smallest absolute Gasteiger partial charge is 0.248 e. The lowest BCUT2D eigenvalue weighted by Gasteiger charge is -2.42. The molecule has 0 aromatic carbocycles. The molecule has 0 saturated carbocycles. The first-order valence-corrected chi connectivity index (χ1v) is 8.12. The number of carbonyl (C=O) groups excluding carboxylic acids is 1. The van der Waals surface area contributed by atoms with Gasteiger partial charge in [-0.1, -0.05) is 0 Å². The van der Waals surface area contributed by atoms with Crippen LogP contribution in [-0.2, 0) is 19.0 Å². The van der Waals surface area contributed by atoms with Gasteiger partial charge in [0, 0.05) is 60.0 Å². The van der Waals surface area contributed by atoms with Crippen LogP contribution in [0.3, 0.4) is 0 Å². The minimum atomic E-state index is 0.106. The molecule has 2 aliphatic heterocycles. The Balaban J connectivity index is 1.94. The third-order valence-corrected chi connectivity index (χ3v) is 5.24. The van der Waals surface area contributed by atoms with E-state index in [9.17, 15) is 4.79 Å². The maximum atomic E-state index is 12.0. The monoisotopic (exact) mass is 314 g/mol. The zero-order valence-electron chi connectivity index (χ0n) is 14.2. The number of piperidine rings is 1. The highest BCUT2D eigenvalue weighted by Crippen LogP contribution is 2.44. The van der Waals surface area contributed by atoms with Crippen molar-refractivity contribution in [1.82, 2.24) is 9.80 Å². The molecule has 2 aliphatic rings. The second kappa shape index (κ2) is 8.24. The van der Waals surface area contributed by atoms with Gasteiger partial charge in [-0.05, 0) is 18.3 Å². The van der Waals surface area contributed by atoms with Crippen molar-refractivity contribution in [2.75, 3.05) is 73.9 Å². The van der Waals surface area contributed by atoms with Crippen LogP contribution in [0.25, 0.3) is 0 Å². The normalized spacial score (nSPS) is 25.0. The van der Waals surface area contributed by atoms with Gasteiger partial charge < -0.3 is 24.0 Å². The zero-order chi connectivity index (χ0) is 16.0. The highest BCUT2D eigenvalue weighted by atomic mass is 16.5. The molecule has 1 atom stereocenters. The van der Waals surface area contributed by atoms with Crippen molar-refractivity contribution in [3.05, 3.63) is 0 Å². The van der Waals surface area contributed by atoms with Crippen LogP contribution < -0.4 is 0 Å². The van der Waals surface area contributed by atoms with Crippen molar-refractivity contribution in [3.63, 3.8) is 0 Å². The first-order valence-electron chi connectivity index (χ1n) is 8.12. The van der Waals surface area contributed by atoms with Crippen LogP contribution in [0.15, 0.2) is 0 Å². The molecular weight excluding hydrogens is 284 g/mol. The second-order valence-electron chi connectivity index (χ2n) is 6.56. The molecule has 0 aromatic rings. The SMILES string of the molecule is COCCN1C[C@@H](COC)C2(CCN(C(=O)COC)CC2)C1. The van der Waals surface area contributed by atoms with Gasteiger partial charge in [0.25, 0.3) is 0 Å². The predicted molar refractivity (Wildman–Crippen MR) is 83.8 cm³/mol. The number of ether oxygens (including phenoxy) is 3. The van der Waals surface area contributed by atoms with Crippen LogP contribution in [0, 0.1) is 11.3 Å². The number of likely N-dealkylation sites (tertiary alicyclic amines) is 2. The molecule has 0 radical (unpaired) electrons. The first-order chi connectivity index (χ1) is 10.6. The summed E-state index contributed by atoms with van der Waals surface area (Å²) < 4.78 is 15.6. The highest BCUT2D eigenvalue weighted by molar-refractivity contribution is 5.77. The van der Waals surface area contributed by atoms with E-state index < -0.39 is 0 Å². The van der Waals surface area contributed by atoms with E-state index in [1.807, 2.05) is 4.90 Å². The molecule has 0 N–H and O–H groups in total. The van der Waals surface area contributed by atoms with Crippen molar-refractivity contribution in [3.8, 4) is 0 Å². The molecule has 1 spiro atoms. The Kier molecular flexibility index (Phi) is 6.62. The number of hydrogen-bond donors (Lipinski definition) is 0. The molecular formula is C16H30N2O4. The number of carbonyl (C=O) groups is 1. The fourth-order valence-electron chi connectivity index (χ4n) is 3.95. The van der Waals surface area contributed by atoms with E-state index in [1.54, 1.807) is 21.3 Å². The zero-order valence-corrected chi connectivity index (χ0v) is 14.2. The van der Waals surface area contributed by atoms with Gasteiger partial charge in [-0.2, -0.15) is 0 Å². The van der Waals surface area contributed by atoms with Gasteiger partial charge in [-0.25, -0.2) is 0 Å². The lowest BCUT2D eigenvalue weighted by Crippen LogP contribution is -2.48. The number of methoxy groups -OCH3 is 3. The highest BCUT2D eigenvalue weighted by Gasteiger charge is 2.48. The fourth-order valence-corrected chi connectivity index (χ4v) is 3.95. The van der Waals surface area contributed by atoms with E-state index in [4.69, 9.17) is 14.2 Å². The van der Waals surface area contributed by atoms with Crippen LogP contribution in [-0.4, -0.2) is 89.6 Å². The Labute approximate surface area is 133 Å². The first kappa shape index (κ1) is 17.7. The Morgan fingerprint density at radius 1 is 1.14 bits per heavy atom. The molecule has 1 amide bonds. The molecule has 0 bridgehead atoms. The quantitative estimate of drug-likeness (QED) is 0.683. The summed E-state index contributed by atoms with van der Waals surface area (Å²) in [6.45, 7) is 6.57. The molecule has 0 aromatic heterocycles. The van der Waals surface area contributed by atoms with Crippen molar-refractivity contribution in [1.29, 1.82) is 0 Å². The summed E-state index contributed by atoms with van der Waals surface area (Å²) in [6, 6.07) is 0. The summed E-state index contributed by atoms with van der Waals surface area (Å²) >= 11 is 0. The number of amides is 1. The van der Waals surface area contributed by atoms with Gasteiger partial charge in [-0.3, -0.25) is 4.79 Å². The van der Waals surface area contributed by atoms with Crippen LogP contribution in [0.5, 0.6) is 0 Å². The molecule has 22 heavy (non-hydrogen) atoms. The van der Waals surface area contributed by atoms with Crippen molar-refractivity contribution in [2.45, 2.75) is 12.8 Å². The van der Waals surface area contributed by atoms with E-state index in [0.717, 1.165) is 58.8 Å². The molecule has 2 saturated heterocycles. The standard InChI is InChI=1S/C16H30N2O4/c1-20-9-8-17-10-14(11-21-2)16(13-17)4-6-18(7-5-16)15(19)12-22-3/h14H,4-13H2,1-3H3/t14-/m0/s1. The summed E-state index contributed by atoms with van der Waals surface area (Å²) in [5, 5.41) is 0. The number of hydrogen-bond acceptors (Lipinski definition) is 5. The van der Waals surface area contributed by atoms with Crippen LogP contribution in [0.2, 0.25) is 0 Å². The van der Waals surface area contributed by atoms with E-state index in [-0.39, 0.29) is 17.9 Å². The minimum absolute atomic E-state index is 0.106. The van der Waals surface area contributed by atoms with Crippen molar-refractivity contribution >= 4 is 5.91 Å². The van der Waals surface area contributed by atoms with Gasteiger partial charge in [0.05, 0.1) is 13.2 Å². The van der Waals surface area contributed by atoms with Gasteiger partial charge in [0.15, 0.2) is 0 Å². The summed E-state index contributed by atoms with van der Waals surface area (Å²) in [5.41, 5.74) is 0.285. The lowest BCUT2D eigenvalue weighted by molar-refractivity contribution is -0.138. The largest absolute Gasteiger partial charge is 0.384 e. The summed E-state index contributed by atoms with van der Waals surface area (Å²) in [4.78, 5) is 16.4. The number of nitrogens with zero attached hydrogens (tertiary/aromatic N) is 2. The number of rotatable bonds is 7. The molecule has 128 valence electrons. The van der Waals surface area contributed by atoms with Gasteiger partial charge >= 0.3 is 0 Å². The molecule has 2 rings (SSSR count). The van der Waals surface area contributed by atoms with Gasteiger partial charge in [0.1, 0.15) is 6.61 Å². The Hall–Kier alpha value is -0.690. The average molecular weight is 314 g/mol. The van der Waals surface area contributed by atoms with Crippen LogP contribution in [0.1, 0.15) is 12.8 Å². The third kappa shape index (κ3) is 3.98. The van der Waals surface area contributed by atoms with E-state index >= 15 is 0 Å². The summed E-state index contributed by atoms with van der Waals surface area (Å²) in [6.07, 6.45) is 2.11. The van der Waals surface area contributed by atoms with Gasteiger partial charge in [0.2, 0.25) is 5.91 Å². The summed E-state index contributed by atoms with van der Waals surface area (Å²) in [5.74, 6) is 0.656.